The molecular formula is C10H6N4O2. The van der Waals surface area contributed by atoms with E-state index in [4.69, 9.17) is 10.3 Å². The SMILES string of the molecule is NC(=O)c1noc2c1ccc1cncnc12. The number of carbonyl (C=O) groups excluding carboxylic acids is 1. The Hall–Kier alpha value is -2.50. The Balaban J connectivity index is 2.49. The minimum absolute atomic E-state index is 0.121. The van der Waals surface area contributed by atoms with Gasteiger partial charge in [-0.1, -0.05) is 11.2 Å². The van der Waals surface area contributed by atoms with Crippen LogP contribution < -0.4 is 5.73 Å². The monoisotopic (exact) mass is 214 g/mol. The van der Waals surface area contributed by atoms with E-state index in [0.29, 0.717) is 16.5 Å². The Morgan fingerprint density at radius 1 is 1.38 bits per heavy atom. The first kappa shape index (κ1) is 8.78. The van der Waals surface area contributed by atoms with Crippen molar-refractivity contribution in [3.63, 3.8) is 0 Å². The van der Waals surface area contributed by atoms with Gasteiger partial charge < -0.3 is 10.3 Å². The van der Waals surface area contributed by atoms with Crippen LogP contribution in [0, 0.1) is 0 Å². The van der Waals surface area contributed by atoms with Gasteiger partial charge in [0.1, 0.15) is 11.8 Å². The van der Waals surface area contributed by atoms with Crippen LogP contribution in [-0.2, 0) is 0 Å². The molecule has 3 aromatic rings. The number of fused-ring (bicyclic) bond motifs is 3. The van der Waals surface area contributed by atoms with Gasteiger partial charge in [0.25, 0.3) is 5.91 Å². The zero-order chi connectivity index (χ0) is 11.1. The largest absolute Gasteiger partial charge is 0.364 e. The second-order valence-corrected chi connectivity index (χ2v) is 3.30. The summed E-state index contributed by atoms with van der Waals surface area (Å²) in [6.45, 7) is 0. The number of nitrogens with zero attached hydrogens (tertiary/aromatic N) is 3. The lowest BCUT2D eigenvalue weighted by Crippen LogP contribution is -2.11. The van der Waals surface area contributed by atoms with Crippen LogP contribution in [0.4, 0.5) is 0 Å². The van der Waals surface area contributed by atoms with E-state index in [2.05, 4.69) is 15.1 Å². The van der Waals surface area contributed by atoms with Gasteiger partial charge >= 0.3 is 0 Å². The van der Waals surface area contributed by atoms with Crippen LogP contribution in [0.1, 0.15) is 10.5 Å². The minimum Gasteiger partial charge on any atom is -0.364 e. The topological polar surface area (TPSA) is 94.9 Å². The van der Waals surface area contributed by atoms with Crippen LogP contribution in [0.2, 0.25) is 0 Å². The van der Waals surface area contributed by atoms with Gasteiger partial charge in [0, 0.05) is 11.6 Å². The van der Waals surface area contributed by atoms with Crippen molar-refractivity contribution < 1.29 is 9.32 Å². The minimum atomic E-state index is -0.618. The molecule has 6 heteroatoms. The smallest absolute Gasteiger partial charge is 0.271 e. The van der Waals surface area contributed by atoms with E-state index in [9.17, 15) is 4.79 Å². The second kappa shape index (κ2) is 2.99. The number of carbonyl (C=O) groups is 1. The summed E-state index contributed by atoms with van der Waals surface area (Å²) in [7, 11) is 0. The van der Waals surface area contributed by atoms with Gasteiger partial charge in [-0.15, -0.1) is 0 Å². The number of hydrogen-bond acceptors (Lipinski definition) is 5. The van der Waals surface area contributed by atoms with Crippen molar-refractivity contribution >= 4 is 27.8 Å². The first-order valence-corrected chi connectivity index (χ1v) is 4.55. The molecule has 0 aliphatic heterocycles. The summed E-state index contributed by atoms with van der Waals surface area (Å²) in [5.74, 6) is -0.618. The number of primary amides is 1. The fourth-order valence-electron chi connectivity index (χ4n) is 1.63. The van der Waals surface area contributed by atoms with Crippen LogP contribution in [-0.4, -0.2) is 21.0 Å². The van der Waals surface area contributed by atoms with E-state index in [0.717, 1.165) is 5.39 Å². The van der Waals surface area contributed by atoms with Crippen molar-refractivity contribution in [2.75, 3.05) is 0 Å². The number of amides is 1. The van der Waals surface area contributed by atoms with Crippen molar-refractivity contribution in [2.45, 2.75) is 0 Å². The van der Waals surface area contributed by atoms with Crippen molar-refractivity contribution in [3.8, 4) is 0 Å². The molecule has 0 atom stereocenters. The van der Waals surface area contributed by atoms with Crippen LogP contribution >= 0.6 is 0 Å². The Labute approximate surface area is 89.1 Å². The van der Waals surface area contributed by atoms with Crippen LogP contribution in [0.15, 0.2) is 29.2 Å². The van der Waals surface area contributed by atoms with Gasteiger partial charge in [0.05, 0.1) is 5.39 Å². The summed E-state index contributed by atoms with van der Waals surface area (Å²) >= 11 is 0. The first-order valence-electron chi connectivity index (χ1n) is 4.55. The Bertz CT molecular complexity index is 704. The molecule has 0 radical (unpaired) electrons. The van der Waals surface area contributed by atoms with E-state index < -0.39 is 5.91 Å². The third-order valence-electron chi connectivity index (χ3n) is 2.35. The highest BCUT2D eigenvalue weighted by molar-refractivity contribution is 6.10. The van der Waals surface area contributed by atoms with Crippen molar-refractivity contribution in [2.24, 2.45) is 5.73 Å². The number of hydrogen-bond donors (Lipinski definition) is 1. The fourth-order valence-corrected chi connectivity index (χ4v) is 1.63. The molecule has 0 aliphatic carbocycles. The van der Waals surface area contributed by atoms with Gasteiger partial charge in [0.2, 0.25) is 0 Å². The molecule has 0 aliphatic rings. The molecule has 78 valence electrons. The average molecular weight is 214 g/mol. The highest BCUT2D eigenvalue weighted by Crippen LogP contribution is 2.25. The average Bonchev–Trinajstić information content (AvgIpc) is 2.73. The number of aromatic nitrogens is 3. The summed E-state index contributed by atoms with van der Waals surface area (Å²) in [6, 6.07) is 3.51. The van der Waals surface area contributed by atoms with Gasteiger partial charge in [-0.3, -0.25) is 4.79 Å². The van der Waals surface area contributed by atoms with Crippen LogP contribution in [0.3, 0.4) is 0 Å². The summed E-state index contributed by atoms with van der Waals surface area (Å²) in [4.78, 5) is 19.1. The highest BCUT2D eigenvalue weighted by atomic mass is 16.5. The zero-order valence-corrected chi connectivity index (χ0v) is 8.04. The Morgan fingerprint density at radius 2 is 2.25 bits per heavy atom. The van der Waals surface area contributed by atoms with Gasteiger partial charge in [-0.2, -0.15) is 0 Å². The molecule has 1 aromatic carbocycles. The van der Waals surface area contributed by atoms with Gasteiger partial charge in [0.15, 0.2) is 11.3 Å². The Morgan fingerprint density at radius 3 is 3.06 bits per heavy atom. The van der Waals surface area contributed by atoms with Crippen molar-refractivity contribution in [3.05, 3.63) is 30.4 Å². The quantitative estimate of drug-likeness (QED) is 0.648. The molecule has 6 nitrogen and oxygen atoms in total. The molecule has 1 amide bonds. The molecule has 0 bridgehead atoms. The van der Waals surface area contributed by atoms with E-state index >= 15 is 0 Å². The van der Waals surface area contributed by atoms with Crippen LogP contribution in [0.5, 0.6) is 0 Å². The maximum absolute atomic E-state index is 11.1. The van der Waals surface area contributed by atoms with E-state index in [1.165, 1.54) is 6.33 Å². The molecule has 2 aromatic heterocycles. The number of benzene rings is 1. The number of nitrogens with two attached hydrogens (primary N) is 1. The number of rotatable bonds is 1. The lowest BCUT2D eigenvalue weighted by molar-refractivity contribution is 0.0993. The predicted molar refractivity (Wildman–Crippen MR) is 55.6 cm³/mol. The molecule has 3 rings (SSSR count). The molecule has 16 heavy (non-hydrogen) atoms. The second-order valence-electron chi connectivity index (χ2n) is 3.30. The predicted octanol–water partition coefficient (Wildman–Crippen LogP) is 0.870. The Kier molecular flexibility index (Phi) is 1.64. The maximum Gasteiger partial charge on any atom is 0.271 e. The lowest BCUT2D eigenvalue weighted by atomic mass is 10.1. The molecule has 0 saturated carbocycles. The summed E-state index contributed by atoms with van der Waals surface area (Å²) in [5.41, 5.74) is 6.37. The van der Waals surface area contributed by atoms with Crippen LogP contribution in [0.25, 0.3) is 21.9 Å². The molecule has 2 N–H and O–H groups in total. The zero-order valence-electron chi connectivity index (χ0n) is 8.04. The van der Waals surface area contributed by atoms with Gasteiger partial charge in [-0.25, -0.2) is 9.97 Å². The summed E-state index contributed by atoms with van der Waals surface area (Å²) in [5, 5.41) is 5.02. The molecular weight excluding hydrogens is 208 g/mol. The maximum atomic E-state index is 11.1. The molecule has 0 spiro atoms. The lowest BCUT2D eigenvalue weighted by Gasteiger charge is -1.94. The van der Waals surface area contributed by atoms with Crippen molar-refractivity contribution in [1.82, 2.24) is 15.1 Å². The van der Waals surface area contributed by atoms with E-state index in [1.807, 2.05) is 0 Å². The summed E-state index contributed by atoms with van der Waals surface area (Å²) < 4.78 is 5.08. The summed E-state index contributed by atoms with van der Waals surface area (Å²) in [6.07, 6.45) is 3.07. The molecule has 0 saturated heterocycles. The molecule has 0 unspecified atom stereocenters. The normalized spacial score (nSPS) is 11.0. The first-order chi connectivity index (χ1) is 7.77. The molecule has 2 heterocycles. The highest BCUT2D eigenvalue weighted by Gasteiger charge is 2.15. The van der Waals surface area contributed by atoms with Gasteiger partial charge in [-0.05, 0) is 6.07 Å². The third kappa shape index (κ3) is 1.07. The third-order valence-corrected chi connectivity index (χ3v) is 2.35. The molecule has 0 fully saturated rings. The van der Waals surface area contributed by atoms with E-state index in [-0.39, 0.29) is 5.69 Å². The fraction of sp³-hybridized carbons (Fsp3) is 0. The van der Waals surface area contributed by atoms with Crippen molar-refractivity contribution in [1.29, 1.82) is 0 Å². The standard InChI is InChI=1S/C10H6N4O2/c11-10(15)8-6-2-1-5-3-12-4-13-7(5)9(6)16-14-8/h1-4H,(H2,11,15). The van der Waals surface area contributed by atoms with E-state index in [1.54, 1.807) is 18.3 Å².